The van der Waals surface area contributed by atoms with E-state index < -0.39 is 5.60 Å². The lowest BCUT2D eigenvalue weighted by Crippen LogP contribution is -2.48. The van der Waals surface area contributed by atoms with Gasteiger partial charge in [-0.25, -0.2) is 4.79 Å². The molecular formula is C19H26N2O4. The third-order valence-corrected chi connectivity index (χ3v) is 5.07. The van der Waals surface area contributed by atoms with E-state index in [-0.39, 0.29) is 17.7 Å². The zero-order valence-corrected chi connectivity index (χ0v) is 14.9. The number of benzene rings is 1. The molecule has 2 fully saturated rings. The third kappa shape index (κ3) is 3.89. The summed E-state index contributed by atoms with van der Waals surface area (Å²) in [6.45, 7) is 6.74. The molecule has 6 heteroatoms. The molecule has 2 amide bonds. The van der Waals surface area contributed by atoms with Gasteiger partial charge < -0.3 is 19.6 Å². The molecule has 1 N–H and O–H groups in total. The molecule has 0 unspecified atom stereocenters. The SMILES string of the molecule is CC(C)CCN1CC2(CCN(C(=O)c3cccc(O)c3)CC2)OC1=O. The van der Waals surface area contributed by atoms with Gasteiger partial charge in [0.15, 0.2) is 0 Å². The maximum absolute atomic E-state index is 12.6. The number of carbonyl (C=O) groups excluding carboxylic acids is 2. The smallest absolute Gasteiger partial charge is 0.410 e. The molecule has 25 heavy (non-hydrogen) atoms. The second kappa shape index (κ2) is 6.94. The highest BCUT2D eigenvalue weighted by Gasteiger charge is 2.47. The summed E-state index contributed by atoms with van der Waals surface area (Å²) in [4.78, 5) is 28.3. The Morgan fingerprint density at radius 2 is 2.04 bits per heavy atom. The molecule has 2 aliphatic rings. The molecule has 136 valence electrons. The van der Waals surface area contributed by atoms with Crippen molar-refractivity contribution in [1.82, 2.24) is 9.80 Å². The molecule has 0 radical (unpaired) electrons. The number of carbonyl (C=O) groups is 2. The quantitative estimate of drug-likeness (QED) is 0.910. The van der Waals surface area contributed by atoms with E-state index in [0.29, 0.717) is 44.0 Å². The normalized spacial score (nSPS) is 19.6. The minimum Gasteiger partial charge on any atom is -0.508 e. The zero-order chi connectivity index (χ0) is 18.0. The van der Waals surface area contributed by atoms with Crippen LogP contribution in [0.5, 0.6) is 5.75 Å². The van der Waals surface area contributed by atoms with Gasteiger partial charge in [-0.15, -0.1) is 0 Å². The van der Waals surface area contributed by atoms with Gasteiger partial charge in [0, 0.05) is 38.0 Å². The molecule has 0 saturated carbocycles. The number of phenols is 1. The van der Waals surface area contributed by atoms with Crippen molar-refractivity contribution in [2.24, 2.45) is 5.92 Å². The van der Waals surface area contributed by atoms with Gasteiger partial charge >= 0.3 is 6.09 Å². The maximum atomic E-state index is 12.6. The lowest BCUT2D eigenvalue weighted by Gasteiger charge is -2.37. The molecule has 2 aliphatic heterocycles. The van der Waals surface area contributed by atoms with E-state index in [1.807, 2.05) is 0 Å². The molecule has 3 rings (SSSR count). The second-order valence-corrected chi connectivity index (χ2v) is 7.50. The van der Waals surface area contributed by atoms with Crippen molar-refractivity contribution in [3.63, 3.8) is 0 Å². The highest BCUT2D eigenvalue weighted by Crippen LogP contribution is 2.34. The van der Waals surface area contributed by atoms with Crippen LogP contribution in [0.3, 0.4) is 0 Å². The van der Waals surface area contributed by atoms with Gasteiger partial charge in [-0.1, -0.05) is 19.9 Å². The van der Waals surface area contributed by atoms with Crippen molar-refractivity contribution in [2.75, 3.05) is 26.2 Å². The van der Waals surface area contributed by atoms with Gasteiger partial charge in [-0.05, 0) is 30.5 Å². The first-order chi connectivity index (χ1) is 11.9. The number of amides is 2. The van der Waals surface area contributed by atoms with Crippen LogP contribution in [0, 0.1) is 5.92 Å². The molecule has 2 saturated heterocycles. The molecule has 0 aliphatic carbocycles. The van der Waals surface area contributed by atoms with E-state index >= 15 is 0 Å². The van der Waals surface area contributed by atoms with Gasteiger partial charge in [0.25, 0.3) is 5.91 Å². The number of hydrogen-bond acceptors (Lipinski definition) is 4. The van der Waals surface area contributed by atoms with Gasteiger partial charge in [0.1, 0.15) is 11.4 Å². The van der Waals surface area contributed by atoms with E-state index in [9.17, 15) is 14.7 Å². The van der Waals surface area contributed by atoms with Crippen molar-refractivity contribution < 1.29 is 19.4 Å². The van der Waals surface area contributed by atoms with E-state index in [4.69, 9.17) is 4.74 Å². The summed E-state index contributed by atoms with van der Waals surface area (Å²) < 4.78 is 5.70. The summed E-state index contributed by atoms with van der Waals surface area (Å²) in [5.41, 5.74) is 0.0295. The van der Waals surface area contributed by atoms with Crippen LogP contribution in [0.1, 0.15) is 43.5 Å². The third-order valence-electron chi connectivity index (χ3n) is 5.07. The van der Waals surface area contributed by atoms with Gasteiger partial charge in [0.05, 0.1) is 6.54 Å². The van der Waals surface area contributed by atoms with Crippen LogP contribution < -0.4 is 0 Å². The van der Waals surface area contributed by atoms with Crippen LogP contribution in [-0.4, -0.2) is 58.7 Å². The average Bonchev–Trinajstić information content (AvgIpc) is 2.88. The fraction of sp³-hybridized carbons (Fsp3) is 0.579. The highest BCUT2D eigenvalue weighted by atomic mass is 16.6. The molecule has 1 aromatic rings. The molecular weight excluding hydrogens is 320 g/mol. The fourth-order valence-corrected chi connectivity index (χ4v) is 3.48. The first-order valence-electron chi connectivity index (χ1n) is 8.95. The van der Waals surface area contributed by atoms with E-state index in [1.54, 1.807) is 28.0 Å². The Morgan fingerprint density at radius 3 is 2.68 bits per heavy atom. The van der Waals surface area contributed by atoms with E-state index in [2.05, 4.69) is 13.8 Å². The Kier molecular flexibility index (Phi) is 4.88. The van der Waals surface area contributed by atoms with Gasteiger partial charge in [-0.2, -0.15) is 0 Å². The molecule has 1 spiro atoms. The summed E-state index contributed by atoms with van der Waals surface area (Å²) in [5.74, 6) is 0.544. The molecule has 6 nitrogen and oxygen atoms in total. The highest BCUT2D eigenvalue weighted by molar-refractivity contribution is 5.94. The number of ether oxygens (including phenoxy) is 1. The monoisotopic (exact) mass is 346 g/mol. The van der Waals surface area contributed by atoms with Gasteiger partial charge in [0.2, 0.25) is 0 Å². The minimum atomic E-state index is -0.455. The van der Waals surface area contributed by atoms with Crippen LogP contribution in [0.15, 0.2) is 24.3 Å². The Hall–Kier alpha value is -2.24. The Balaban J connectivity index is 1.58. The maximum Gasteiger partial charge on any atom is 0.410 e. The molecule has 0 atom stereocenters. The number of piperidine rings is 1. The summed E-state index contributed by atoms with van der Waals surface area (Å²) in [7, 11) is 0. The Bertz CT molecular complexity index is 651. The standard InChI is InChI=1S/C19H26N2O4/c1-14(2)6-9-21-13-19(25-18(21)24)7-10-20(11-8-19)17(23)15-4-3-5-16(22)12-15/h3-5,12,14,22H,6-11,13H2,1-2H3. The molecule has 0 aromatic heterocycles. The lowest BCUT2D eigenvalue weighted by molar-refractivity contribution is 0.00311. The van der Waals surface area contributed by atoms with Crippen LogP contribution in [-0.2, 0) is 4.74 Å². The molecule has 0 bridgehead atoms. The van der Waals surface area contributed by atoms with Gasteiger partial charge in [-0.3, -0.25) is 4.79 Å². The Morgan fingerprint density at radius 1 is 1.32 bits per heavy atom. The number of likely N-dealkylation sites (tertiary alicyclic amines) is 1. The predicted octanol–water partition coefficient (Wildman–Crippen LogP) is 2.87. The first-order valence-corrected chi connectivity index (χ1v) is 8.95. The number of hydrogen-bond donors (Lipinski definition) is 1. The predicted molar refractivity (Wildman–Crippen MR) is 93.5 cm³/mol. The van der Waals surface area contributed by atoms with Crippen LogP contribution in [0.25, 0.3) is 0 Å². The van der Waals surface area contributed by atoms with Crippen molar-refractivity contribution in [3.05, 3.63) is 29.8 Å². The number of aromatic hydroxyl groups is 1. The number of phenolic OH excluding ortho intramolecular Hbond substituents is 1. The average molecular weight is 346 g/mol. The van der Waals surface area contributed by atoms with Crippen LogP contribution in [0.4, 0.5) is 4.79 Å². The fourth-order valence-electron chi connectivity index (χ4n) is 3.48. The number of nitrogens with zero attached hydrogens (tertiary/aromatic N) is 2. The summed E-state index contributed by atoms with van der Waals surface area (Å²) >= 11 is 0. The topological polar surface area (TPSA) is 70.1 Å². The van der Waals surface area contributed by atoms with Crippen molar-refractivity contribution in [3.8, 4) is 5.75 Å². The summed E-state index contributed by atoms with van der Waals surface area (Å²) in [6, 6.07) is 6.40. The summed E-state index contributed by atoms with van der Waals surface area (Å²) in [5, 5.41) is 9.54. The molecule has 2 heterocycles. The van der Waals surface area contributed by atoms with Crippen molar-refractivity contribution >= 4 is 12.0 Å². The van der Waals surface area contributed by atoms with Crippen molar-refractivity contribution in [1.29, 1.82) is 0 Å². The largest absolute Gasteiger partial charge is 0.508 e. The lowest BCUT2D eigenvalue weighted by atomic mass is 9.91. The second-order valence-electron chi connectivity index (χ2n) is 7.50. The molecule has 1 aromatic carbocycles. The van der Waals surface area contributed by atoms with E-state index in [1.165, 1.54) is 6.07 Å². The minimum absolute atomic E-state index is 0.0878. The first kappa shape index (κ1) is 17.6. The Labute approximate surface area is 148 Å². The zero-order valence-electron chi connectivity index (χ0n) is 14.9. The number of rotatable bonds is 4. The van der Waals surface area contributed by atoms with Crippen LogP contribution in [0.2, 0.25) is 0 Å². The van der Waals surface area contributed by atoms with Crippen LogP contribution >= 0.6 is 0 Å². The summed E-state index contributed by atoms with van der Waals surface area (Å²) in [6.07, 6.45) is 2.05. The van der Waals surface area contributed by atoms with E-state index in [0.717, 1.165) is 13.0 Å². The van der Waals surface area contributed by atoms with Crippen molar-refractivity contribution in [2.45, 2.75) is 38.7 Å².